The minimum atomic E-state index is -3.07. The monoisotopic (exact) mass is 302 g/mol. The van der Waals surface area contributed by atoms with E-state index in [0.717, 1.165) is 6.08 Å². The van der Waals surface area contributed by atoms with Gasteiger partial charge in [-0.3, -0.25) is 4.79 Å². The molecule has 0 bridgehead atoms. The summed E-state index contributed by atoms with van der Waals surface area (Å²) in [6, 6.07) is 4.12. The van der Waals surface area contributed by atoms with E-state index in [0.29, 0.717) is 0 Å². The maximum Gasteiger partial charge on any atom is 0.387 e. The Balaban J connectivity index is 3.30. The molecule has 0 saturated heterocycles. The molecule has 0 aliphatic heterocycles. The number of carbonyl (C=O) groups is 1. The molecule has 2 N–H and O–H groups in total. The fourth-order valence-corrected chi connectivity index (χ4v) is 1.62. The first-order valence-electron chi connectivity index (χ1n) is 5.13. The molecular formula is C12H9ClF2N2O3. The summed E-state index contributed by atoms with van der Waals surface area (Å²) in [6.07, 6.45) is 1.16. The molecule has 0 radical (unpaired) electrons. The lowest BCUT2D eigenvalue weighted by Crippen LogP contribution is -2.12. The number of ether oxygens (including phenoxy) is 2. The van der Waals surface area contributed by atoms with E-state index in [1.165, 1.54) is 19.2 Å². The zero-order valence-corrected chi connectivity index (χ0v) is 10.9. The molecule has 0 spiro atoms. The van der Waals surface area contributed by atoms with Crippen molar-refractivity contribution in [2.45, 2.75) is 6.61 Å². The average Bonchev–Trinajstić information content (AvgIpc) is 2.37. The summed E-state index contributed by atoms with van der Waals surface area (Å²) in [4.78, 5) is 10.9. The van der Waals surface area contributed by atoms with Crippen LogP contribution in [0.1, 0.15) is 5.56 Å². The number of nitrogens with two attached hydrogens (primary N) is 1. The molecular weight excluding hydrogens is 294 g/mol. The molecule has 1 amide bonds. The maximum absolute atomic E-state index is 12.2. The minimum Gasteiger partial charge on any atom is -0.493 e. The summed E-state index contributed by atoms with van der Waals surface area (Å²) in [5.41, 5.74) is 4.95. The molecule has 1 aromatic carbocycles. The second kappa shape index (κ2) is 6.73. The number of hydrogen-bond donors (Lipinski definition) is 1. The van der Waals surface area contributed by atoms with Crippen molar-refractivity contribution >= 4 is 23.6 Å². The zero-order valence-electron chi connectivity index (χ0n) is 10.2. The van der Waals surface area contributed by atoms with Gasteiger partial charge in [-0.15, -0.1) is 0 Å². The van der Waals surface area contributed by atoms with Crippen LogP contribution in [-0.4, -0.2) is 19.6 Å². The highest BCUT2D eigenvalue weighted by molar-refractivity contribution is 6.32. The Bertz CT molecular complexity index is 597. The number of hydrogen-bond acceptors (Lipinski definition) is 4. The van der Waals surface area contributed by atoms with Crippen molar-refractivity contribution in [2.75, 3.05) is 7.11 Å². The lowest BCUT2D eigenvalue weighted by atomic mass is 10.1. The lowest BCUT2D eigenvalue weighted by molar-refractivity contribution is -0.114. The Labute approximate surface area is 118 Å². The second-order valence-corrected chi connectivity index (χ2v) is 3.85. The molecule has 0 saturated carbocycles. The lowest BCUT2D eigenvalue weighted by Gasteiger charge is -2.12. The third-order valence-electron chi connectivity index (χ3n) is 2.16. The molecule has 0 unspecified atom stereocenters. The van der Waals surface area contributed by atoms with Crippen LogP contribution in [0.4, 0.5) is 8.78 Å². The van der Waals surface area contributed by atoms with E-state index >= 15 is 0 Å². The van der Waals surface area contributed by atoms with Gasteiger partial charge in [-0.05, 0) is 23.8 Å². The van der Waals surface area contributed by atoms with Gasteiger partial charge in [0.2, 0.25) is 0 Å². The first-order valence-corrected chi connectivity index (χ1v) is 5.50. The molecule has 20 heavy (non-hydrogen) atoms. The van der Waals surface area contributed by atoms with Crippen LogP contribution in [0.3, 0.4) is 0 Å². The third-order valence-corrected chi connectivity index (χ3v) is 2.44. The fraction of sp³-hybridized carbons (Fsp3) is 0.167. The van der Waals surface area contributed by atoms with E-state index in [1.807, 2.05) is 0 Å². The van der Waals surface area contributed by atoms with Crippen LogP contribution in [0, 0.1) is 11.3 Å². The Kier molecular flexibility index (Phi) is 5.29. The van der Waals surface area contributed by atoms with Gasteiger partial charge >= 0.3 is 6.61 Å². The van der Waals surface area contributed by atoms with E-state index in [9.17, 15) is 13.6 Å². The fourth-order valence-electron chi connectivity index (χ4n) is 1.35. The van der Waals surface area contributed by atoms with Crippen molar-refractivity contribution in [3.8, 4) is 17.6 Å². The highest BCUT2D eigenvalue weighted by atomic mass is 35.5. The number of alkyl halides is 2. The molecule has 5 nitrogen and oxygen atoms in total. The largest absolute Gasteiger partial charge is 0.493 e. The van der Waals surface area contributed by atoms with Gasteiger partial charge in [0, 0.05) is 0 Å². The van der Waals surface area contributed by atoms with Crippen molar-refractivity contribution in [1.29, 1.82) is 5.26 Å². The van der Waals surface area contributed by atoms with Gasteiger partial charge in [0.05, 0.1) is 12.1 Å². The summed E-state index contributed by atoms with van der Waals surface area (Å²) < 4.78 is 33.6. The van der Waals surface area contributed by atoms with Crippen LogP contribution < -0.4 is 15.2 Å². The van der Waals surface area contributed by atoms with E-state index < -0.39 is 12.5 Å². The molecule has 0 fully saturated rings. The van der Waals surface area contributed by atoms with Gasteiger partial charge in [0.25, 0.3) is 5.91 Å². The van der Waals surface area contributed by atoms with Gasteiger partial charge in [-0.25, -0.2) is 0 Å². The molecule has 0 atom stereocenters. The Hall–Kier alpha value is -2.33. The van der Waals surface area contributed by atoms with Crippen molar-refractivity contribution < 1.29 is 23.0 Å². The Morgan fingerprint density at radius 2 is 2.20 bits per heavy atom. The van der Waals surface area contributed by atoms with E-state index in [1.54, 1.807) is 6.07 Å². The SMILES string of the molecule is COc1cc(/C=C(\C#N)C(N)=O)cc(Cl)c1OC(F)F. The van der Waals surface area contributed by atoms with Crippen LogP contribution in [0.25, 0.3) is 6.08 Å². The smallest absolute Gasteiger partial charge is 0.387 e. The molecule has 0 aliphatic carbocycles. The van der Waals surface area contributed by atoms with Gasteiger partial charge < -0.3 is 15.2 Å². The number of nitrogens with zero attached hydrogens (tertiary/aromatic N) is 1. The molecule has 0 aliphatic rings. The van der Waals surface area contributed by atoms with Crippen LogP contribution in [0.2, 0.25) is 5.02 Å². The van der Waals surface area contributed by atoms with Crippen molar-refractivity contribution in [1.82, 2.24) is 0 Å². The maximum atomic E-state index is 12.2. The summed E-state index contributed by atoms with van der Waals surface area (Å²) in [7, 11) is 1.23. The van der Waals surface area contributed by atoms with Crippen molar-refractivity contribution in [3.05, 3.63) is 28.3 Å². The summed E-state index contributed by atoms with van der Waals surface area (Å²) in [6.45, 7) is -3.07. The molecule has 1 aromatic rings. The number of halogens is 3. The average molecular weight is 303 g/mol. The van der Waals surface area contributed by atoms with Crippen LogP contribution in [0.15, 0.2) is 17.7 Å². The normalized spacial score (nSPS) is 11.1. The van der Waals surface area contributed by atoms with E-state index in [-0.39, 0.29) is 27.7 Å². The number of benzene rings is 1. The van der Waals surface area contributed by atoms with E-state index in [2.05, 4.69) is 4.74 Å². The first kappa shape index (κ1) is 15.7. The summed E-state index contributed by atoms with van der Waals surface area (Å²) in [5.74, 6) is -1.32. The number of methoxy groups -OCH3 is 1. The predicted octanol–water partition coefficient (Wildman–Crippen LogP) is 2.34. The second-order valence-electron chi connectivity index (χ2n) is 3.45. The Morgan fingerprint density at radius 1 is 1.55 bits per heavy atom. The number of amides is 1. The number of carbonyl (C=O) groups excluding carboxylic acids is 1. The topological polar surface area (TPSA) is 85.3 Å². The van der Waals surface area contributed by atoms with Crippen molar-refractivity contribution in [2.24, 2.45) is 5.73 Å². The number of primary amides is 1. The Morgan fingerprint density at radius 3 is 2.65 bits per heavy atom. The minimum absolute atomic E-state index is 0.0641. The summed E-state index contributed by atoms with van der Waals surface area (Å²) >= 11 is 5.80. The predicted molar refractivity (Wildman–Crippen MR) is 67.4 cm³/mol. The molecule has 0 aromatic heterocycles. The standard InChI is InChI=1S/C12H9ClF2N2O3/c1-19-9-4-6(2-7(5-16)11(17)18)3-8(13)10(9)20-12(14)15/h2-4,12H,1H3,(H2,17,18)/b7-2+. The highest BCUT2D eigenvalue weighted by Gasteiger charge is 2.16. The first-order chi connectivity index (χ1) is 9.38. The molecule has 0 heterocycles. The van der Waals surface area contributed by atoms with Crippen LogP contribution in [0.5, 0.6) is 11.5 Å². The molecule has 106 valence electrons. The van der Waals surface area contributed by atoms with Crippen LogP contribution >= 0.6 is 11.6 Å². The zero-order chi connectivity index (χ0) is 15.3. The van der Waals surface area contributed by atoms with E-state index in [4.69, 9.17) is 27.3 Å². The van der Waals surface area contributed by atoms with Gasteiger partial charge in [0.1, 0.15) is 11.6 Å². The van der Waals surface area contributed by atoms with Gasteiger partial charge in [0.15, 0.2) is 11.5 Å². The number of nitriles is 1. The summed E-state index contributed by atoms with van der Waals surface area (Å²) in [5, 5.41) is 8.56. The number of rotatable bonds is 5. The molecule has 1 rings (SSSR count). The quantitative estimate of drug-likeness (QED) is 0.668. The van der Waals surface area contributed by atoms with Gasteiger partial charge in [-0.2, -0.15) is 14.0 Å². The van der Waals surface area contributed by atoms with Crippen LogP contribution in [-0.2, 0) is 4.79 Å². The third kappa shape index (κ3) is 3.83. The molecule has 8 heteroatoms. The highest BCUT2D eigenvalue weighted by Crippen LogP contribution is 2.37. The van der Waals surface area contributed by atoms with Crippen molar-refractivity contribution in [3.63, 3.8) is 0 Å². The van der Waals surface area contributed by atoms with Gasteiger partial charge in [-0.1, -0.05) is 11.6 Å².